The molecular weight excluding hydrogens is 506 g/mol. The smallest absolute Gasteiger partial charge is 0.390 e. The molecule has 2 aromatic carbocycles. The molecule has 1 amide bonds. The average Bonchev–Trinajstić information content (AvgIpc) is 3.25. The number of fused-ring (bicyclic) bond motifs is 2. The van der Waals surface area contributed by atoms with Crippen LogP contribution in [0.3, 0.4) is 0 Å². The van der Waals surface area contributed by atoms with Crippen molar-refractivity contribution in [2.75, 3.05) is 17.7 Å². The number of aliphatic hydroxyl groups is 1. The number of ether oxygens (including phenoxy) is 1. The number of carbonyl (C=O) groups excluding carboxylic acids is 1. The number of methoxy groups -OCH3 is 1. The number of amides is 1. The zero-order valence-electron chi connectivity index (χ0n) is 19.9. The molecule has 4 aromatic rings. The summed E-state index contributed by atoms with van der Waals surface area (Å²) in [5.74, 6) is -1.71. The Bertz CT molecular complexity index is 1560. The summed E-state index contributed by atoms with van der Waals surface area (Å²) in [6, 6.07) is 8.36. The fourth-order valence-electron chi connectivity index (χ4n) is 4.44. The minimum absolute atomic E-state index is 0.0557. The van der Waals surface area contributed by atoms with E-state index in [1.165, 1.54) is 18.0 Å². The van der Waals surface area contributed by atoms with Crippen molar-refractivity contribution in [3.8, 4) is 0 Å². The third-order valence-electron chi connectivity index (χ3n) is 6.21. The molecule has 1 atom stereocenters. The molecule has 0 aliphatic carbocycles. The monoisotopic (exact) mass is 527 g/mol. The molecule has 5 rings (SSSR count). The van der Waals surface area contributed by atoms with Gasteiger partial charge >= 0.3 is 6.18 Å². The van der Waals surface area contributed by atoms with E-state index < -0.39 is 36.1 Å². The van der Waals surface area contributed by atoms with E-state index in [-0.39, 0.29) is 23.4 Å². The number of pyridine rings is 1. The Balaban J connectivity index is 1.58. The molecule has 0 spiro atoms. The first-order chi connectivity index (χ1) is 18.2. The lowest BCUT2D eigenvalue weighted by Crippen LogP contribution is -2.29. The second-order valence-electron chi connectivity index (χ2n) is 8.58. The minimum Gasteiger partial charge on any atom is -0.390 e. The SMILES string of the molecule is COCc1c(CO)nn2c1NC=C(C(=O)Nc1ccc3cnccc3c1)C2c1ccc(C(F)(F)F)c(F)c1. The highest BCUT2D eigenvalue weighted by molar-refractivity contribution is 6.06. The van der Waals surface area contributed by atoms with Crippen LogP contribution in [-0.4, -0.2) is 32.9 Å². The molecule has 38 heavy (non-hydrogen) atoms. The number of benzene rings is 2. The summed E-state index contributed by atoms with van der Waals surface area (Å²) in [6.45, 7) is -0.393. The van der Waals surface area contributed by atoms with Gasteiger partial charge in [-0.15, -0.1) is 0 Å². The number of nitrogens with one attached hydrogen (secondary N) is 2. The van der Waals surface area contributed by atoms with Crippen molar-refractivity contribution in [2.24, 2.45) is 0 Å². The van der Waals surface area contributed by atoms with Crippen LogP contribution in [-0.2, 0) is 28.9 Å². The molecule has 12 heteroatoms. The van der Waals surface area contributed by atoms with Gasteiger partial charge in [0.1, 0.15) is 17.7 Å². The van der Waals surface area contributed by atoms with Crippen molar-refractivity contribution in [3.05, 3.63) is 94.8 Å². The second kappa shape index (κ2) is 9.88. The van der Waals surface area contributed by atoms with Crippen molar-refractivity contribution in [3.63, 3.8) is 0 Å². The van der Waals surface area contributed by atoms with E-state index in [1.807, 2.05) is 0 Å². The van der Waals surface area contributed by atoms with Gasteiger partial charge in [0.25, 0.3) is 5.91 Å². The number of rotatable bonds is 6. The number of carbonyl (C=O) groups is 1. The summed E-state index contributed by atoms with van der Waals surface area (Å²) in [4.78, 5) is 17.5. The van der Waals surface area contributed by atoms with E-state index >= 15 is 0 Å². The van der Waals surface area contributed by atoms with Gasteiger partial charge in [0.15, 0.2) is 0 Å². The van der Waals surface area contributed by atoms with Crippen molar-refractivity contribution >= 4 is 28.2 Å². The highest BCUT2D eigenvalue weighted by Crippen LogP contribution is 2.39. The highest BCUT2D eigenvalue weighted by Gasteiger charge is 2.37. The average molecular weight is 527 g/mol. The molecule has 0 fully saturated rings. The molecule has 0 saturated heterocycles. The van der Waals surface area contributed by atoms with Crippen molar-refractivity contribution in [1.82, 2.24) is 14.8 Å². The van der Waals surface area contributed by atoms with Crippen molar-refractivity contribution in [1.29, 1.82) is 0 Å². The van der Waals surface area contributed by atoms with Crippen LogP contribution >= 0.6 is 0 Å². The molecule has 1 unspecified atom stereocenters. The zero-order chi connectivity index (χ0) is 27.0. The first-order valence-corrected chi connectivity index (χ1v) is 11.4. The Morgan fingerprint density at radius 3 is 2.71 bits per heavy atom. The van der Waals surface area contributed by atoms with Crippen LogP contribution in [0, 0.1) is 5.82 Å². The number of nitrogens with zero attached hydrogens (tertiary/aromatic N) is 3. The lowest BCUT2D eigenvalue weighted by Gasteiger charge is -2.27. The third kappa shape index (κ3) is 4.59. The van der Waals surface area contributed by atoms with Crippen LogP contribution in [0.4, 0.5) is 29.1 Å². The number of hydrogen-bond donors (Lipinski definition) is 3. The Morgan fingerprint density at radius 2 is 2.00 bits per heavy atom. The maximum absolute atomic E-state index is 14.6. The fraction of sp³-hybridized carbons (Fsp3) is 0.192. The number of aliphatic hydroxyl groups excluding tert-OH is 1. The van der Waals surface area contributed by atoms with Crippen LogP contribution in [0.5, 0.6) is 0 Å². The Kier molecular flexibility index (Phi) is 6.59. The van der Waals surface area contributed by atoms with Crippen molar-refractivity contribution < 1.29 is 32.2 Å². The molecule has 8 nitrogen and oxygen atoms in total. The van der Waals surface area contributed by atoms with Crippen LogP contribution < -0.4 is 10.6 Å². The van der Waals surface area contributed by atoms with Gasteiger partial charge in [-0.2, -0.15) is 18.3 Å². The van der Waals surface area contributed by atoms with E-state index in [0.29, 0.717) is 23.1 Å². The number of halogens is 4. The van der Waals surface area contributed by atoms with E-state index in [0.717, 1.165) is 22.9 Å². The van der Waals surface area contributed by atoms with E-state index in [2.05, 4.69) is 20.7 Å². The maximum atomic E-state index is 14.6. The number of alkyl halides is 3. The summed E-state index contributed by atoms with van der Waals surface area (Å²) in [5, 5.41) is 21.7. The zero-order valence-corrected chi connectivity index (χ0v) is 19.9. The standard InChI is InChI=1S/C26H21F4N5O3/c1-38-13-19-22(12-36)34-35-23(15-3-5-20(21(27)9-15)26(28,29)30)18(11-32-24(19)35)25(37)33-17-4-2-16-10-31-7-6-14(16)8-17/h2-11,23,32,36H,12-13H2,1H3,(H,33,37). The summed E-state index contributed by atoms with van der Waals surface area (Å²) < 4.78 is 60.8. The van der Waals surface area contributed by atoms with Gasteiger partial charge in [0, 0.05) is 42.3 Å². The van der Waals surface area contributed by atoms with E-state index in [4.69, 9.17) is 4.74 Å². The first kappa shape index (κ1) is 25.4. The van der Waals surface area contributed by atoms with Gasteiger partial charge in [-0.05, 0) is 41.3 Å². The van der Waals surface area contributed by atoms with E-state index in [1.54, 1.807) is 36.7 Å². The fourth-order valence-corrected chi connectivity index (χ4v) is 4.44. The topological polar surface area (TPSA) is 101 Å². The van der Waals surface area contributed by atoms with Gasteiger partial charge < -0.3 is 20.5 Å². The number of aromatic nitrogens is 3. The van der Waals surface area contributed by atoms with Crippen LogP contribution in [0.1, 0.15) is 28.4 Å². The Labute approximate surface area is 213 Å². The van der Waals surface area contributed by atoms with Gasteiger partial charge in [-0.1, -0.05) is 12.1 Å². The molecule has 3 heterocycles. The Morgan fingerprint density at radius 1 is 1.18 bits per heavy atom. The molecule has 3 N–H and O–H groups in total. The quantitative estimate of drug-likeness (QED) is 0.313. The molecule has 2 aromatic heterocycles. The lowest BCUT2D eigenvalue weighted by molar-refractivity contribution is -0.140. The van der Waals surface area contributed by atoms with Gasteiger partial charge in [0.2, 0.25) is 0 Å². The number of hydrogen-bond acceptors (Lipinski definition) is 6. The third-order valence-corrected chi connectivity index (χ3v) is 6.21. The lowest BCUT2D eigenvalue weighted by atomic mass is 9.95. The summed E-state index contributed by atoms with van der Waals surface area (Å²) in [6.07, 6.45) is -0.200. The van der Waals surface area contributed by atoms with E-state index in [9.17, 15) is 27.5 Å². The highest BCUT2D eigenvalue weighted by atomic mass is 19.4. The Hall–Kier alpha value is -4.29. The van der Waals surface area contributed by atoms with Crippen LogP contribution in [0.15, 0.2) is 66.6 Å². The molecule has 0 saturated carbocycles. The van der Waals surface area contributed by atoms with Gasteiger partial charge in [0.05, 0.1) is 30.0 Å². The molecule has 0 radical (unpaired) electrons. The predicted octanol–water partition coefficient (Wildman–Crippen LogP) is 4.77. The summed E-state index contributed by atoms with van der Waals surface area (Å²) in [7, 11) is 1.45. The maximum Gasteiger partial charge on any atom is 0.419 e. The first-order valence-electron chi connectivity index (χ1n) is 11.4. The largest absolute Gasteiger partial charge is 0.419 e. The van der Waals surface area contributed by atoms with Gasteiger partial charge in [-0.3, -0.25) is 9.78 Å². The minimum atomic E-state index is -4.88. The van der Waals surface area contributed by atoms with Crippen LogP contribution in [0.25, 0.3) is 10.8 Å². The summed E-state index contributed by atoms with van der Waals surface area (Å²) in [5.41, 5.74) is -0.110. The molecule has 0 bridgehead atoms. The molecule has 196 valence electrons. The second-order valence-corrected chi connectivity index (χ2v) is 8.58. The molecule has 1 aliphatic rings. The van der Waals surface area contributed by atoms with Crippen molar-refractivity contribution in [2.45, 2.75) is 25.4 Å². The molecular formula is C26H21F4N5O3. The normalized spacial score (nSPS) is 15.1. The predicted molar refractivity (Wildman–Crippen MR) is 130 cm³/mol. The molecule has 1 aliphatic heterocycles. The van der Waals surface area contributed by atoms with Gasteiger partial charge in [-0.25, -0.2) is 9.07 Å². The number of anilines is 2. The summed E-state index contributed by atoms with van der Waals surface area (Å²) >= 11 is 0. The van der Waals surface area contributed by atoms with Crippen LogP contribution in [0.2, 0.25) is 0 Å².